The lowest BCUT2D eigenvalue weighted by atomic mass is 9.70. The van der Waals surface area contributed by atoms with Crippen LogP contribution >= 0.6 is 11.6 Å². The van der Waals surface area contributed by atoms with Crippen molar-refractivity contribution in [3.63, 3.8) is 0 Å². The number of carbonyl (C=O) groups excluding carboxylic acids is 1. The van der Waals surface area contributed by atoms with E-state index < -0.39 is 0 Å². The monoisotopic (exact) mass is 400 g/mol. The van der Waals surface area contributed by atoms with Crippen LogP contribution in [0.3, 0.4) is 0 Å². The minimum atomic E-state index is -0.342. The van der Waals surface area contributed by atoms with Crippen molar-refractivity contribution in [2.75, 3.05) is 18.4 Å². The van der Waals surface area contributed by atoms with Crippen molar-refractivity contribution in [2.45, 2.75) is 46.1 Å². The maximum absolute atomic E-state index is 13.3. The average Bonchev–Trinajstić information content (AvgIpc) is 2.66. The van der Waals surface area contributed by atoms with E-state index in [0.717, 1.165) is 24.5 Å². The van der Waals surface area contributed by atoms with Gasteiger partial charge in [0.2, 0.25) is 11.9 Å². The number of amides is 1. The van der Waals surface area contributed by atoms with Crippen molar-refractivity contribution < 1.29 is 4.79 Å². The molecule has 5 nitrogen and oxygen atoms in total. The molecular weight excluding hydrogens is 372 g/mol. The van der Waals surface area contributed by atoms with Crippen molar-refractivity contribution in [3.8, 4) is 0 Å². The number of halogens is 1. The summed E-state index contributed by atoms with van der Waals surface area (Å²) in [7, 11) is 0. The van der Waals surface area contributed by atoms with Gasteiger partial charge in [0.15, 0.2) is 0 Å². The zero-order valence-electron chi connectivity index (χ0n) is 17.0. The summed E-state index contributed by atoms with van der Waals surface area (Å²) in [5.41, 5.74) is 1.27. The molecule has 150 valence electrons. The van der Waals surface area contributed by atoms with E-state index in [-0.39, 0.29) is 23.3 Å². The number of benzene rings is 1. The topological polar surface area (TPSA) is 58.1 Å². The van der Waals surface area contributed by atoms with Gasteiger partial charge in [-0.3, -0.25) is 4.79 Å². The summed E-state index contributed by atoms with van der Waals surface area (Å²) in [5.74, 6) is 1.14. The van der Waals surface area contributed by atoms with Crippen LogP contribution in [0.25, 0.3) is 0 Å². The van der Waals surface area contributed by atoms with Crippen LogP contribution in [0.15, 0.2) is 42.7 Å². The molecule has 0 spiro atoms. The summed E-state index contributed by atoms with van der Waals surface area (Å²) in [6, 6.07) is 9.54. The predicted molar refractivity (Wildman–Crippen MR) is 113 cm³/mol. The molecular formula is C22H29ClN4O. The number of anilines is 1. The minimum Gasteiger partial charge on any atom is -0.342 e. The van der Waals surface area contributed by atoms with Gasteiger partial charge in [-0.15, -0.1) is 0 Å². The standard InChI is InChI=1S/C22H29ClN4O/c1-15(2)19(26-21-24-11-5-12-25-21)20(28)27-13-10-18(22(3,4)14-27)16-6-8-17(23)9-7-16/h5-9,11-12,15,18-19H,10,13-14H2,1-4H3,(H,24,25,26)/t18?,19-/m1/s1. The summed E-state index contributed by atoms with van der Waals surface area (Å²) in [6.07, 6.45) is 4.29. The number of hydrogen-bond donors (Lipinski definition) is 1. The molecule has 0 aliphatic carbocycles. The zero-order chi connectivity index (χ0) is 20.3. The molecule has 1 unspecified atom stereocenters. The molecule has 1 aromatic heterocycles. The molecule has 28 heavy (non-hydrogen) atoms. The Balaban J connectivity index is 1.73. The number of aromatic nitrogens is 2. The smallest absolute Gasteiger partial charge is 0.245 e. The molecule has 1 N–H and O–H groups in total. The first-order valence-electron chi connectivity index (χ1n) is 9.86. The maximum atomic E-state index is 13.3. The minimum absolute atomic E-state index is 0.0213. The third-order valence-electron chi connectivity index (χ3n) is 5.60. The Morgan fingerprint density at radius 2 is 1.86 bits per heavy atom. The number of likely N-dealkylation sites (tertiary alicyclic amines) is 1. The van der Waals surface area contributed by atoms with Crippen molar-refractivity contribution in [1.29, 1.82) is 0 Å². The van der Waals surface area contributed by atoms with Gasteiger partial charge in [0, 0.05) is 30.5 Å². The highest BCUT2D eigenvalue weighted by Gasteiger charge is 2.40. The molecule has 0 radical (unpaired) electrons. The van der Waals surface area contributed by atoms with Gasteiger partial charge >= 0.3 is 0 Å². The van der Waals surface area contributed by atoms with Crippen LogP contribution in [-0.4, -0.2) is 39.9 Å². The fourth-order valence-corrected chi connectivity index (χ4v) is 4.21. The average molecular weight is 401 g/mol. The molecule has 1 amide bonds. The third-order valence-corrected chi connectivity index (χ3v) is 5.85. The number of piperidine rings is 1. The molecule has 2 atom stereocenters. The Morgan fingerprint density at radius 1 is 1.21 bits per heavy atom. The maximum Gasteiger partial charge on any atom is 0.245 e. The predicted octanol–water partition coefficient (Wildman–Crippen LogP) is 4.61. The van der Waals surface area contributed by atoms with E-state index in [1.54, 1.807) is 18.5 Å². The Morgan fingerprint density at radius 3 is 2.43 bits per heavy atom. The van der Waals surface area contributed by atoms with Gasteiger partial charge in [0.05, 0.1) is 0 Å². The van der Waals surface area contributed by atoms with Gasteiger partial charge in [-0.1, -0.05) is 51.4 Å². The highest BCUT2D eigenvalue weighted by Crippen LogP contribution is 2.42. The summed E-state index contributed by atoms with van der Waals surface area (Å²) in [4.78, 5) is 23.7. The summed E-state index contributed by atoms with van der Waals surface area (Å²) in [6.45, 7) is 10.0. The Kier molecular flexibility index (Phi) is 6.23. The molecule has 1 aromatic carbocycles. The Hall–Kier alpha value is -2.14. The van der Waals surface area contributed by atoms with E-state index in [0.29, 0.717) is 11.9 Å². The lowest BCUT2D eigenvalue weighted by Crippen LogP contribution is -2.53. The number of nitrogens with one attached hydrogen (secondary N) is 1. The van der Waals surface area contributed by atoms with Crippen LogP contribution in [0.5, 0.6) is 0 Å². The molecule has 1 aliphatic heterocycles. The first kappa shape index (κ1) is 20.6. The number of rotatable bonds is 5. The van der Waals surface area contributed by atoms with E-state index in [4.69, 9.17) is 11.6 Å². The van der Waals surface area contributed by atoms with Crippen molar-refractivity contribution in [3.05, 3.63) is 53.3 Å². The van der Waals surface area contributed by atoms with E-state index >= 15 is 0 Å². The van der Waals surface area contributed by atoms with Crippen LogP contribution < -0.4 is 5.32 Å². The van der Waals surface area contributed by atoms with Crippen LogP contribution in [0.2, 0.25) is 5.02 Å². The van der Waals surface area contributed by atoms with E-state index in [2.05, 4.69) is 41.3 Å². The van der Waals surface area contributed by atoms with Crippen molar-refractivity contribution >= 4 is 23.5 Å². The molecule has 1 saturated heterocycles. The second-order valence-corrected chi connectivity index (χ2v) is 9.02. The lowest BCUT2D eigenvalue weighted by Gasteiger charge is -2.45. The third kappa shape index (κ3) is 4.64. The number of carbonyl (C=O) groups is 1. The van der Waals surface area contributed by atoms with Crippen molar-refractivity contribution in [1.82, 2.24) is 14.9 Å². The van der Waals surface area contributed by atoms with Crippen LogP contribution in [0.1, 0.15) is 45.6 Å². The fourth-order valence-electron chi connectivity index (χ4n) is 4.08. The molecule has 6 heteroatoms. The molecule has 0 saturated carbocycles. The number of nitrogens with zero attached hydrogens (tertiary/aromatic N) is 3. The largest absolute Gasteiger partial charge is 0.342 e. The summed E-state index contributed by atoms with van der Waals surface area (Å²) >= 11 is 6.05. The molecule has 2 heterocycles. The molecule has 1 aliphatic rings. The van der Waals surface area contributed by atoms with Crippen LogP contribution in [-0.2, 0) is 4.79 Å². The lowest BCUT2D eigenvalue weighted by molar-refractivity contribution is -0.136. The second-order valence-electron chi connectivity index (χ2n) is 8.58. The van der Waals surface area contributed by atoms with E-state index in [1.165, 1.54) is 5.56 Å². The van der Waals surface area contributed by atoms with E-state index in [9.17, 15) is 4.79 Å². The van der Waals surface area contributed by atoms with Crippen molar-refractivity contribution in [2.24, 2.45) is 11.3 Å². The highest BCUT2D eigenvalue weighted by molar-refractivity contribution is 6.30. The molecule has 1 fully saturated rings. The first-order valence-corrected chi connectivity index (χ1v) is 10.2. The molecule has 0 bridgehead atoms. The van der Waals surface area contributed by atoms with Gasteiger partial charge < -0.3 is 10.2 Å². The van der Waals surface area contributed by atoms with Gasteiger partial charge in [0.25, 0.3) is 0 Å². The summed E-state index contributed by atoms with van der Waals surface area (Å²) in [5, 5.41) is 3.98. The quantitative estimate of drug-likeness (QED) is 0.796. The molecule has 2 aromatic rings. The van der Waals surface area contributed by atoms with Gasteiger partial charge in [0.1, 0.15) is 6.04 Å². The van der Waals surface area contributed by atoms with Gasteiger partial charge in [-0.2, -0.15) is 0 Å². The van der Waals surface area contributed by atoms with Gasteiger partial charge in [-0.05, 0) is 47.4 Å². The summed E-state index contributed by atoms with van der Waals surface area (Å²) < 4.78 is 0. The SMILES string of the molecule is CC(C)[C@@H](Nc1ncccn1)C(=O)N1CCC(c2ccc(Cl)cc2)C(C)(C)C1. The van der Waals surface area contributed by atoms with Crippen LogP contribution in [0, 0.1) is 11.3 Å². The van der Waals surface area contributed by atoms with Crippen LogP contribution in [0.4, 0.5) is 5.95 Å². The van der Waals surface area contributed by atoms with Gasteiger partial charge in [-0.25, -0.2) is 9.97 Å². The normalized spacial score (nSPS) is 20.1. The first-order chi connectivity index (χ1) is 13.3. The Labute approximate surface area is 172 Å². The number of hydrogen-bond acceptors (Lipinski definition) is 4. The Bertz CT molecular complexity index is 792. The molecule has 3 rings (SSSR count). The van der Waals surface area contributed by atoms with E-state index in [1.807, 2.05) is 30.9 Å². The fraction of sp³-hybridized carbons (Fsp3) is 0.500. The second kappa shape index (κ2) is 8.48. The highest BCUT2D eigenvalue weighted by atomic mass is 35.5. The zero-order valence-corrected chi connectivity index (χ0v) is 17.8.